The summed E-state index contributed by atoms with van der Waals surface area (Å²) in [5.41, 5.74) is 0.568. The molecule has 1 aromatic carbocycles. The molecule has 1 fully saturated rings. The zero-order valence-electron chi connectivity index (χ0n) is 10.5. The van der Waals surface area contributed by atoms with Crippen molar-refractivity contribution in [3.8, 4) is 0 Å². The minimum Gasteiger partial charge on any atom is -0.325 e. The number of anilines is 1. The second-order valence-electron chi connectivity index (χ2n) is 4.48. The predicted molar refractivity (Wildman–Crippen MR) is 71.8 cm³/mol. The van der Waals surface area contributed by atoms with Crippen LogP contribution >= 0.6 is 11.8 Å². The van der Waals surface area contributed by atoms with Crippen molar-refractivity contribution < 1.29 is 9.18 Å². The summed E-state index contributed by atoms with van der Waals surface area (Å²) in [5, 5.41) is 14.8. The number of nitrogens with one attached hydrogen (secondary N) is 1. The lowest BCUT2D eigenvalue weighted by Crippen LogP contribution is -2.14. The number of carbonyl (C=O) groups is 1. The minimum atomic E-state index is -0.332. The number of tetrazole rings is 1. The van der Waals surface area contributed by atoms with E-state index in [9.17, 15) is 9.18 Å². The smallest absolute Gasteiger partial charge is 0.234 e. The van der Waals surface area contributed by atoms with E-state index in [2.05, 4.69) is 20.8 Å². The van der Waals surface area contributed by atoms with Crippen molar-refractivity contribution in [2.75, 3.05) is 11.1 Å². The fraction of sp³-hybridized carbons (Fsp3) is 0.333. The summed E-state index contributed by atoms with van der Waals surface area (Å²) in [6.45, 7) is 0. The van der Waals surface area contributed by atoms with Crippen molar-refractivity contribution >= 4 is 23.4 Å². The molecule has 1 aromatic heterocycles. The fourth-order valence-corrected chi connectivity index (χ4v) is 2.43. The van der Waals surface area contributed by atoms with Crippen molar-refractivity contribution in [2.24, 2.45) is 0 Å². The summed E-state index contributed by atoms with van der Waals surface area (Å²) >= 11 is 1.29. The predicted octanol–water partition coefficient (Wildman–Crippen LogP) is 1.88. The molecule has 1 N–H and O–H groups in total. The number of benzene rings is 1. The molecule has 6 nitrogen and oxygen atoms in total. The molecule has 0 saturated heterocycles. The van der Waals surface area contributed by atoms with Crippen LogP contribution in [0.1, 0.15) is 18.9 Å². The first-order chi connectivity index (χ1) is 9.72. The van der Waals surface area contributed by atoms with Crippen LogP contribution in [0.2, 0.25) is 0 Å². The first kappa shape index (κ1) is 13.0. The maximum absolute atomic E-state index is 12.7. The Balaban J connectivity index is 1.54. The van der Waals surface area contributed by atoms with Crippen molar-refractivity contribution in [2.45, 2.75) is 24.0 Å². The van der Waals surface area contributed by atoms with Crippen molar-refractivity contribution in [1.29, 1.82) is 0 Å². The van der Waals surface area contributed by atoms with Gasteiger partial charge in [-0.15, -0.1) is 5.10 Å². The highest BCUT2D eigenvalue weighted by Crippen LogP contribution is 2.36. The molecule has 104 valence electrons. The van der Waals surface area contributed by atoms with Crippen LogP contribution in [0.3, 0.4) is 0 Å². The monoisotopic (exact) mass is 293 g/mol. The molecule has 3 rings (SSSR count). The van der Waals surface area contributed by atoms with Crippen LogP contribution < -0.4 is 5.32 Å². The van der Waals surface area contributed by atoms with Gasteiger partial charge in [0.05, 0.1) is 11.8 Å². The minimum absolute atomic E-state index is 0.174. The van der Waals surface area contributed by atoms with E-state index in [1.165, 1.54) is 36.0 Å². The van der Waals surface area contributed by atoms with E-state index < -0.39 is 0 Å². The molecule has 0 unspecified atom stereocenters. The fourth-order valence-electron chi connectivity index (χ4n) is 1.69. The van der Waals surface area contributed by atoms with Gasteiger partial charge < -0.3 is 5.32 Å². The highest BCUT2D eigenvalue weighted by molar-refractivity contribution is 7.99. The van der Waals surface area contributed by atoms with E-state index >= 15 is 0 Å². The van der Waals surface area contributed by atoms with Gasteiger partial charge in [-0.05, 0) is 47.5 Å². The van der Waals surface area contributed by atoms with Crippen LogP contribution in [0, 0.1) is 5.82 Å². The van der Waals surface area contributed by atoms with Crippen molar-refractivity contribution in [3.63, 3.8) is 0 Å². The number of hydrogen-bond acceptors (Lipinski definition) is 5. The lowest BCUT2D eigenvalue weighted by atomic mass is 10.3. The average molecular weight is 293 g/mol. The van der Waals surface area contributed by atoms with E-state index in [-0.39, 0.29) is 17.5 Å². The largest absolute Gasteiger partial charge is 0.325 e. The van der Waals surface area contributed by atoms with Crippen LogP contribution in [-0.2, 0) is 4.79 Å². The third-order valence-corrected chi connectivity index (χ3v) is 3.75. The molecular formula is C12H12FN5OS. The second kappa shape index (κ2) is 5.58. The zero-order valence-corrected chi connectivity index (χ0v) is 11.3. The SMILES string of the molecule is O=C(CSc1nnnn1C1CC1)Nc1ccc(F)cc1. The Morgan fingerprint density at radius 1 is 1.40 bits per heavy atom. The molecule has 2 aromatic rings. The van der Waals surface area contributed by atoms with E-state index in [4.69, 9.17) is 0 Å². The number of hydrogen-bond donors (Lipinski definition) is 1. The summed E-state index contributed by atoms with van der Waals surface area (Å²) in [6, 6.07) is 6.03. The molecule has 1 amide bonds. The van der Waals surface area contributed by atoms with Gasteiger partial charge in [0.1, 0.15) is 5.82 Å². The number of nitrogens with zero attached hydrogens (tertiary/aromatic N) is 4. The lowest BCUT2D eigenvalue weighted by molar-refractivity contribution is -0.113. The maximum Gasteiger partial charge on any atom is 0.234 e. The van der Waals surface area contributed by atoms with Crippen LogP contribution in [0.4, 0.5) is 10.1 Å². The van der Waals surface area contributed by atoms with Gasteiger partial charge in [-0.2, -0.15) is 0 Å². The number of amides is 1. The van der Waals surface area contributed by atoms with Crippen LogP contribution in [0.25, 0.3) is 0 Å². The Kier molecular flexibility index (Phi) is 3.64. The summed E-state index contributed by atoms with van der Waals surface area (Å²) in [5.74, 6) is -0.294. The number of rotatable bonds is 5. The molecule has 0 aliphatic heterocycles. The Morgan fingerprint density at radius 2 is 2.15 bits per heavy atom. The standard InChI is InChI=1S/C12H12FN5OS/c13-8-1-3-9(4-2-8)14-11(19)7-20-12-15-16-17-18(12)10-5-6-10/h1-4,10H,5-7H2,(H,14,19). The van der Waals surface area contributed by atoms with E-state index in [0.29, 0.717) is 16.9 Å². The molecule has 1 saturated carbocycles. The van der Waals surface area contributed by atoms with Gasteiger partial charge in [0, 0.05) is 5.69 Å². The Morgan fingerprint density at radius 3 is 2.85 bits per heavy atom. The van der Waals surface area contributed by atoms with E-state index in [1.807, 2.05) is 0 Å². The summed E-state index contributed by atoms with van der Waals surface area (Å²) in [7, 11) is 0. The molecular weight excluding hydrogens is 281 g/mol. The van der Waals surface area contributed by atoms with E-state index in [1.54, 1.807) is 4.68 Å². The maximum atomic E-state index is 12.7. The average Bonchev–Trinajstić information content (AvgIpc) is 3.18. The first-order valence-electron chi connectivity index (χ1n) is 6.18. The topological polar surface area (TPSA) is 72.7 Å². The zero-order chi connectivity index (χ0) is 13.9. The van der Waals surface area contributed by atoms with Gasteiger partial charge in [0.15, 0.2) is 0 Å². The normalized spacial score (nSPS) is 14.2. The van der Waals surface area contributed by atoms with Gasteiger partial charge in [-0.25, -0.2) is 9.07 Å². The Labute approximate surface area is 118 Å². The van der Waals surface area contributed by atoms with Gasteiger partial charge in [-0.1, -0.05) is 11.8 Å². The molecule has 20 heavy (non-hydrogen) atoms. The van der Waals surface area contributed by atoms with Gasteiger partial charge in [-0.3, -0.25) is 4.79 Å². The van der Waals surface area contributed by atoms with Gasteiger partial charge >= 0.3 is 0 Å². The molecule has 0 atom stereocenters. The quantitative estimate of drug-likeness (QED) is 0.852. The summed E-state index contributed by atoms with van der Waals surface area (Å²) < 4.78 is 14.5. The number of thioether (sulfide) groups is 1. The van der Waals surface area contributed by atoms with Crippen molar-refractivity contribution in [1.82, 2.24) is 20.2 Å². The number of aromatic nitrogens is 4. The van der Waals surface area contributed by atoms with Crippen LogP contribution in [-0.4, -0.2) is 31.9 Å². The lowest BCUT2D eigenvalue weighted by Gasteiger charge is -2.05. The Hall–Kier alpha value is -1.96. The first-order valence-corrected chi connectivity index (χ1v) is 7.17. The van der Waals surface area contributed by atoms with Crippen LogP contribution in [0.5, 0.6) is 0 Å². The summed E-state index contributed by atoms with van der Waals surface area (Å²) in [4.78, 5) is 11.8. The molecule has 8 heteroatoms. The van der Waals surface area contributed by atoms with Gasteiger partial charge in [0.2, 0.25) is 11.1 Å². The molecule has 1 heterocycles. The molecule has 0 spiro atoms. The third kappa shape index (κ3) is 3.13. The van der Waals surface area contributed by atoms with Crippen molar-refractivity contribution in [3.05, 3.63) is 30.1 Å². The Bertz CT molecular complexity index is 611. The second-order valence-corrected chi connectivity index (χ2v) is 5.42. The number of carbonyl (C=O) groups excluding carboxylic acids is 1. The summed E-state index contributed by atoms with van der Waals surface area (Å²) in [6.07, 6.45) is 2.17. The molecule has 0 bridgehead atoms. The van der Waals surface area contributed by atoms with Crippen LogP contribution in [0.15, 0.2) is 29.4 Å². The van der Waals surface area contributed by atoms with Gasteiger partial charge in [0.25, 0.3) is 0 Å². The molecule has 1 aliphatic rings. The third-order valence-electron chi connectivity index (χ3n) is 2.82. The molecule has 0 radical (unpaired) electrons. The molecule has 1 aliphatic carbocycles. The van der Waals surface area contributed by atoms with E-state index in [0.717, 1.165) is 12.8 Å². The number of halogens is 1. The highest BCUT2D eigenvalue weighted by Gasteiger charge is 2.28. The highest BCUT2D eigenvalue weighted by atomic mass is 32.2.